The molecule has 4 N–H and O–H groups in total. The van der Waals surface area contributed by atoms with Crippen LogP contribution < -0.4 is 21.3 Å². The van der Waals surface area contributed by atoms with Crippen molar-refractivity contribution in [2.75, 3.05) is 25.0 Å². The summed E-state index contributed by atoms with van der Waals surface area (Å²) in [6.07, 6.45) is 3.43. The van der Waals surface area contributed by atoms with Crippen LogP contribution in [0.1, 0.15) is 71.4 Å². The zero-order valence-electron chi connectivity index (χ0n) is 26.7. The minimum atomic E-state index is -1.04. The molecule has 0 bridgehead atoms. The molecular weight excluding hydrogens is 544 g/mol. The molecule has 43 heavy (non-hydrogen) atoms. The molecule has 0 aliphatic carbocycles. The molecule has 1 aliphatic rings. The van der Waals surface area contributed by atoms with Gasteiger partial charge in [-0.25, -0.2) is 4.79 Å². The van der Waals surface area contributed by atoms with Gasteiger partial charge in [-0.05, 0) is 82.4 Å². The Bertz CT molecular complexity index is 1470. The van der Waals surface area contributed by atoms with Gasteiger partial charge in [0.15, 0.2) is 0 Å². The number of hydrogen-bond acceptors (Lipinski definition) is 5. The van der Waals surface area contributed by atoms with Crippen molar-refractivity contribution >= 4 is 29.4 Å². The van der Waals surface area contributed by atoms with Gasteiger partial charge >= 0.3 is 6.03 Å². The summed E-state index contributed by atoms with van der Waals surface area (Å²) >= 11 is 0. The Morgan fingerprint density at radius 3 is 2.42 bits per heavy atom. The fraction of sp³-hybridized carbons (Fsp3) is 0.424. The van der Waals surface area contributed by atoms with Crippen molar-refractivity contribution in [3.05, 3.63) is 70.7 Å². The summed E-state index contributed by atoms with van der Waals surface area (Å²) in [4.78, 5) is 57.6. The molecule has 0 radical (unpaired) electrons. The number of rotatable bonds is 7. The van der Waals surface area contributed by atoms with Crippen molar-refractivity contribution < 1.29 is 19.2 Å². The standard InChI is InChI=1S/C33H44N6O4/c1-10-34-28(40)27-14-12-23(19-36-27)25-18-24(13-11-20(25)2)38-31(43)37-22(4)26(17-21(3)32(5,6)7)29(41)39-16-15-35-30(42)33(39,8)9/h11-14,17-19H,10,15-16H2,1-9H3,(H,34,40)(H,35,42)(H2,37,38,43)/b21-17+,26-22-. The van der Waals surface area contributed by atoms with Gasteiger partial charge in [0, 0.05) is 42.8 Å². The maximum atomic E-state index is 13.9. The number of benzene rings is 1. The first-order chi connectivity index (χ1) is 20.1. The third-order valence-corrected chi connectivity index (χ3v) is 7.72. The van der Waals surface area contributed by atoms with Gasteiger partial charge in [-0.3, -0.25) is 19.4 Å². The fourth-order valence-corrected chi connectivity index (χ4v) is 4.51. The van der Waals surface area contributed by atoms with E-state index < -0.39 is 11.6 Å². The van der Waals surface area contributed by atoms with E-state index in [1.807, 2.05) is 59.7 Å². The summed E-state index contributed by atoms with van der Waals surface area (Å²) in [5.41, 5.74) is 3.87. The van der Waals surface area contributed by atoms with Crippen LogP contribution in [-0.4, -0.2) is 58.8 Å². The van der Waals surface area contributed by atoms with E-state index in [2.05, 4.69) is 26.3 Å². The summed E-state index contributed by atoms with van der Waals surface area (Å²) < 4.78 is 0. The Balaban J connectivity index is 1.89. The molecular formula is C33H44N6O4. The number of nitrogens with one attached hydrogen (secondary N) is 4. The number of carbonyl (C=O) groups is 4. The highest BCUT2D eigenvalue weighted by Crippen LogP contribution is 2.29. The number of amides is 5. The van der Waals surface area contributed by atoms with E-state index in [0.29, 0.717) is 42.3 Å². The van der Waals surface area contributed by atoms with Crippen LogP contribution in [0.3, 0.4) is 0 Å². The molecule has 10 heteroatoms. The molecule has 0 saturated carbocycles. The Morgan fingerprint density at radius 2 is 1.81 bits per heavy atom. The quantitative estimate of drug-likeness (QED) is 0.269. The zero-order valence-corrected chi connectivity index (χ0v) is 26.7. The van der Waals surface area contributed by atoms with E-state index in [4.69, 9.17) is 0 Å². The highest BCUT2D eigenvalue weighted by Gasteiger charge is 2.41. The molecule has 2 aromatic rings. The predicted molar refractivity (Wildman–Crippen MR) is 169 cm³/mol. The first-order valence-electron chi connectivity index (χ1n) is 14.5. The first-order valence-corrected chi connectivity index (χ1v) is 14.5. The van der Waals surface area contributed by atoms with E-state index in [0.717, 1.165) is 22.3 Å². The van der Waals surface area contributed by atoms with Gasteiger partial charge in [0.1, 0.15) is 11.2 Å². The summed E-state index contributed by atoms with van der Waals surface area (Å²) in [6.45, 7) is 18.2. The van der Waals surface area contributed by atoms with E-state index in [9.17, 15) is 19.2 Å². The molecule has 230 valence electrons. The van der Waals surface area contributed by atoms with Crippen molar-refractivity contribution in [3.8, 4) is 11.1 Å². The lowest BCUT2D eigenvalue weighted by molar-refractivity contribution is -0.146. The Hall–Kier alpha value is -4.47. The lowest BCUT2D eigenvalue weighted by atomic mass is 9.86. The third kappa shape index (κ3) is 7.88. The molecule has 1 fully saturated rings. The summed E-state index contributed by atoms with van der Waals surface area (Å²) in [6, 6.07) is 8.49. The zero-order chi connectivity index (χ0) is 32.1. The second-order valence-electron chi connectivity index (χ2n) is 12.3. The van der Waals surface area contributed by atoms with Gasteiger partial charge in [0.25, 0.3) is 11.8 Å². The van der Waals surface area contributed by atoms with Crippen LogP contribution in [0.15, 0.2) is 59.4 Å². The SMILES string of the molecule is CCNC(=O)c1ccc(-c2cc(NC(=O)N/C(C)=C(/C=C(\C)C(C)(C)C)C(=O)N3CCNC(=O)C3(C)C)ccc2C)cn1. The molecule has 5 amide bonds. The highest BCUT2D eigenvalue weighted by molar-refractivity contribution is 6.02. The highest BCUT2D eigenvalue weighted by atomic mass is 16.2. The first kappa shape index (κ1) is 33.0. The van der Waals surface area contributed by atoms with Gasteiger partial charge in [-0.2, -0.15) is 0 Å². The lowest BCUT2D eigenvalue weighted by Gasteiger charge is -2.41. The molecule has 1 saturated heterocycles. The minimum absolute atomic E-state index is 0.214. The van der Waals surface area contributed by atoms with Gasteiger partial charge in [-0.15, -0.1) is 0 Å². The normalized spacial score (nSPS) is 15.7. The largest absolute Gasteiger partial charge is 0.352 e. The van der Waals surface area contributed by atoms with Crippen LogP contribution in [0.2, 0.25) is 0 Å². The third-order valence-electron chi connectivity index (χ3n) is 7.72. The van der Waals surface area contributed by atoms with Crippen LogP contribution in [-0.2, 0) is 9.59 Å². The van der Waals surface area contributed by atoms with Crippen LogP contribution in [0.25, 0.3) is 11.1 Å². The van der Waals surface area contributed by atoms with E-state index in [1.165, 1.54) is 0 Å². The van der Waals surface area contributed by atoms with Crippen LogP contribution in [0.4, 0.5) is 10.5 Å². The predicted octanol–water partition coefficient (Wildman–Crippen LogP) is 4.93. The molecule has 0 atom stereocenters. The van der Waals surface area contributed by atoms with Crippen LogP contribution in [0, 0.1) is 12.3 Å². The second-order valence-corrected chi connectivity index (χ2v) is 12.3. The molecule has 3 rings (SSSR count). The van der Waals surface area contributed by atoms with Gasteiger partial charge < -0.3 is 26.2 Å². The molecule has 0 unspecified atom stereocenters. The molecule has 1 aliphatic heterocycles. The Labute approximate surface area is 254 Å². The number of nitrogens with zero attached hydrogens (tertiary/aromatic N) is 2. The van der Waals surface area contributed by atoms with Gasteiger partial charge in [-0.1, -0.05) is 38.5 Å². The van der Waals surface area contributed by atoms with Gasteiger partial charge in [0.2, 0.25) is 5.91 Å². The number of urea groups is 1. The van der Waals surface area contributed by atoms with Crippen molar-refractivity contribution in [3.63, 3.8) is 0 Å². The number of piperazine rings is 1. The summed E-state index contributed by atoms with van der Waals surface area (Å²) in [5.74, 6) is -0.795. The Kier molecular flexibility index (Phi) is 10.2. The summed E-state index contributed by atoms with van der Waals surface area (Å²) in [7, 11) is 0. The van der Waals surface area contributed by atoms with Crippen molar-refractivity contribution in [2.45, 2.75) is 67.9 Å². The number of allylic oxidation sites excluding steroid dienone is 2. The number of anilines is 1. The second kappa shape index (κ2) is 13.2. The maximum Gasteiger partial charge on any atom is 0.323 e. The number of hydrogen-bond donors (Lipinski definition) is 4. The van der Waals surface area contributed by atoms with Crippen molar-refractivity contribution in [1.82, 2.24) is 25.8 Å². The molecule has 1 aromatic heterocycles. The molecule has 1 aromatic carbocycles. The fourth-order valence-electron chi connectivity index (χ4n) is 4.51. The smallest absolute Gasteiger partial charge is 0.323 e. The number of aryl methyl sites for hydroxylation is 1. The van der Waals surface area contributed by atoms with Crippen molar-refractivity contribution in [2.24, 2.45) is 5.41 Å². The van der Waals surface area contributed by atoms with Crippen molar-refractivity contribution in [1.29, 1.82) is 0 Å². The topological polar surface area (TPSA) is 133 Å². The molecule has 10 nitrogen and oxygen atoms in total. The molecule has 0 spiro atoms. The molecule has 2 heterocycles. The van der Waals surface area contributed by atoms with Crippen LogP contribution >= 0.6 is 0 Å². The average molecular weight is 589 g/mol. The van der Waals surface area contributed by atoms with E-state index in [-0.39, 0.29) is 23.1 Å². The lowest BCUT2D eigenvalue weighted by Crippen LogP contribution is -2.63. The van der Waals surface area contributed by atoms with E-state index in [1.54, 1.807) is 50.1 Å². The number of pyridine rings is 1. The number of carbonyl (C=O) groups excluding carboxylic acids is 4. The Morgan fingerprint density at radius 1 is 1.12 bits per heavy atom. The van der Waals surface area contributed by atoms with Gasteiger partial charge in [0.05, 0.1) is 5.57 Å². The summed E-state index contributed by atoms with van der Waals surface area (Å²) in [5, 5.41) is 11.2. The van der Waals surface area contributed by atoms with Crippen LogP contribution in [0.5, 0.6) is 0 Å². The minimum Gasteiger partial charge on any atom is -0.352 e. The van der Waals surface area contributed by atoms with E-state index >= 15 is 0 Å². The average Bonchev–Trinajstić information content (AvgIpc) is 2.93. The number of aromatic nitrogens is 1. The monoisotopic (exact) mass is 588 g/mol. The maximum absolute atomic E-state index is 13.9.